The number of nitrogens with one attached hydrogen (secondary N) is 1. The molecule has 0 heterocycles. The Morgan fingerprint density at radius 2 is 1.62 bits per heavy atom. The van der Waals surface area contributed by atoms with Crippen molar-refractivity contribution >= 4 is 17.3 Å². The van der Waals surface area contributed by atoms with Gasteiger partial charge in [0, 0.05) is 5.69 Å². The van der Waals surface area contributed by atoms with E-state index in [2.05, 4.69) is 30.9 Å². The summed E-state index contributed by atoms with van der Waals surface area (Å²) in [6.45, 7) is 20.7. The van der Waals surface area contributed by atoms with Gasteiger partial charge >= 0.3 is 0 Å². The van der Waals surface area contributed by atoms with Gasteiger partial charge in [0.1, 0.15) is 0 Å². The molecule has 0 saturated carbocycles. The maximum atomic E-state index is 12.4. The number of nitrogens with zero attached hydrogens (tertiary/aromatic N) is 2. The van der Waals surface area contributed by atoms with Crippen molar-refractivity contribution in [3.8, 4) is 0 Å². The Kier molecular flexibility index (Phi) is 5.92. The molecule has 1 N–H and O–H groups in total. The van der Waals surface area contributed by atoms with Gasteiger partial charge in [-0.2, -0.15) is 0 Å². The van der Waals surface area contributed by atoms with Crippen molar-refractivity contribution in [2.45, 2.75) is 34.6 Å². The summed E-state index contributed by atoms with van der Waals surface area (Å²) in [5.74, 6) is 0.0438. The van der Waals surface area contributed by atoms with Gasteiger partial charge in [0.15, 0.2) is 12.2 Å². The van der Waals surface area contributed by atoms with Crippen molar-refractivity contribution in [2.75, 3.05) is 31.5 Å². The van der Waals surface area contributed by atoms with Gasteiger partial charge in [-0.1, -0.05) is 12.1 Å². The van der Waals surface area contributed by atoms with Crippen LogP contribution >= 0.6 is 0 Å². The predicted octanol–water partition coefficient (Wildman–Crippen LogP) is 3.67. The molecule has 0 aliphatic carbocycles. The summed E-state index contributed by atoms with van der Waals surface area (Å²) in [7, 11) is 0. The molecule has 1 amide bonds. The minimum Gasteiger partial charge on any atom is -0.321 e. The van der Waals surface area contributed by atoms with Crippen LogP contribution in [-0.4, -0.2) is 36.6 Å². The Bertz CT molecular complexity index is 522. The van der Waals surface area contributed by atoms with Crippen LogP contribution in [0.2, 0.25) is 0 Å². The molecule has 0 fully saturated rings. The van der Waals surface area contributed by atoms with Crippen LogP contribution in [0.3, 0.4) is 0 Å². The van der Waals surface area contributed by atoms with Crippen molar-refractivity contribution in [1.29, 1.82) is 0 Å². The third-order valence-electron chi connectivity index (χ3n) is 4.40. The second-order valence-corrected chi connectivity index (χ2v) is 5.56. The molecule has 0 aromatic heterocycles. The van der Waals surface area contributed by atoms with Gasteiger partial charge in [0.2, 0.25) is 0 Å². The summed E-state index contributed by atoms with van der Waals surface area (Å²) >= 11 is 0. The highest BCUT2D eigenvalue weighted by molar-refractivity contribution is 5.93. The quantitative estimate of drug-likeness (QED) is 0.629. The van der Waals surface area contributed by atoms with Crippen LogP contribution in [-0.2, 0) is 4.79 Å². The second-order valence-electron chi connectivity index (χ2n) is 5.56. The molecule has 0 radical (unpaired) electrons. The number of hydrogen-bond acceptors (Lipinski definition) is 1. The minimum atomic E-state index is 0.0438. The fourth-order valence-corrected chi connectivity index (χ4v) is 2.69. The number of rotatable bonds is 6. The minimum absolute atomic E-state index is 0.0438. The molecule has 114 valence electrons. The molecule has 0 spiro atoms. The number of quaternary nitrogens is 1. The lowest BCUT2D eigenvalue weighted by atomic mass is 10.1. The van der Waals surface area contributed by atoms with Crippen molar-refractivity contribution in [2.24, 2.45) is 0 Å². The fourth-order valence-electron chi connectivity index (χ4n) is 2.69. The largest absolute Gasteiger partial charge is 0.321 e. The first-order valence-corrected chi connectivity index (χ1v) is 7.55. The molecule has 1 aromatic carbocycles. The molecule has 4 nitrogen and oxygen atoms in total. The highest BCUT2D eigenvalue weighted by Crippen LogP contribution is 2.26. The molecular formula is C17H26N3O+. The zero-order valence-corrected chi connectivity index (χ0v) is 13.8. The van der Waals surface area contributed by atoms with E-state index in [-0.39, 0.29) is 5.91 Å². The number of likely N-dealkylation sites (N-methyl/N-ethyl adjacent to an activating group) is 1. The molecule has 21 heavy (non-hydrogen) atoms. The summed E-state index contributed by atoms with van der Waals surface area (Å²) in [5, 5.41) is 3.03. The number of benzene rings is 1. The first-order chi connectivity index (χ1) is 9.91. The van der Waals surface area contributed by atoms with Gasteiger partial charge in [-0.05, 0) is 45.7 Å². The summed E-state index contributed by atoms with van der Waals surface area (Å²) in [6.07, 6.45) is 0. The van der Waals surface area contributed by atoms with E-state index in [4.69, 9.17) is 6.57 Å². The molecular weight excluding hydrogens is 262 g/mol. The van der Waals surface area contributed by atoms with E-state index in [0.717, 1.165) is 40.9 Å². The molecule has 0 unspecified atom stereocenters. The lowest BCUT2D eigenvalue weighted by Crippen LogP contribution is -2.52. The van der Waals surface area contributed by atoms with Crippen molar-refractivity contribution in [1.82, 2.24) is 0 Å². The van der Waals surface area contributed by atoms with Crippen LogP contribution in [0.1, 0.15) is 31.9 Å². The molecule has 0 bridgehead atoms. The Hall–Kier alpha value is -1.86. The molecule has 1 rings (SSSR count). The Morgan fingerprint density at radius 1 is 1.14 bits per heavy atom. The Labute approximate surface area is 128 Å². The lowest BCUT2D eigenvalue weighted by Gasteiger charge is -2.35. The zero-order valence-electron chi connectivity index (χ0n) is 13.8. The van der Waals surface area contributed by atoms with Crippen LogP contribution in [0.15, 0.2) is 12.1 Å². The SMILES string of the molecule is [C-]#[N+]c1cc(C)c(NC(=O)C[N+](CC)(CC)CC)c(C)c1. The van der Waals surface area contributed by atoms with E-state index in [1.165, 1.54) is 0 Å². The van der Waals surface area contributed by atoms with Gasteiger partial charge in [0.05, 0.1) is 26.2 Å². The van der Waals surface area contributed by atoms with E-state index >= 15 is 0 Å². The topological polar surface area (TPSA) is 33.5 Å². The van der Waals surface area contributed by atoms with Gasteiger partial charge in [-0.15, -0.1) is 0 Å². The van der Waals surface area contributed by atoms with Crippen LogP contribution in [0.4, 0.5) is 11.4 Å². The highest BCUT2D eigenvalue weighted by Gasteiger charge is 2.25. The Morgan fingerprint density at radius 3 is 2.00 bits per heavy atom. The average Bonchev–Trinajstić information content (AvgIpc) is 2.48. The molecule has 1 aromatic rings. The number of anilines is 1. The maximum absolute atomic E-state index is 12.4. The smallest absolute Gasteiger partial charge is 0.279 e. The predicted molar refractivity (Wildman–Crippen MR) is 87.6 cm³/mol. The Balaban J connectivity index is 2.92. The monoisotopic (exact) mass is 288 g/mol. The molecule has 0 aliphatic rings. The van der Waals surface area contributed by atoms with Gasteiger partial charge in [0.25, 0.3) is 5.91 Å². The number of aryl methyl sites for hydroxylation is 2. The van der Waals surface area contributed by atoms with E-state index in [1.807, 2.05) is 26.0 Å². The molecule has 0 aliphatic heterocycles. The first kappa shape index (κ1) is 17.2. The molecule has 4 heteroatoms. The van der Waals surface area contributed by atoms with E-state index in [0.29, 0.717) is 12.2 Å². The van der Waals surface area contributed by atoms with Crippen molar-refractivity contribution < 1.29 is 9.28 Å². The normalized spacial score (nSPS) is 11.0. The third-order valence-corrected chi connectivity index (χ3v) is 4.40. The third kappa shape index (κ3) is 4.05. The van der Waals surface area contributed by atoms with Gasteiger partial charge < -0.3 is 9.80 Å². The summed E-state index contributed by atoms with van der Waals surface area (Å²) < 4.78 is 0.796. The summed E-state index contributed by atoms with van der Waals surface area (Å²) in [5.41, 5.74) is 3.34. The number of carbonyl (C=O) groups excluding carboxylic acids is 1. The van der Waals surface area contributed by atoms with Crippen LogP contribution < -0.4 is 5.32 Å². The standard InChI is InChI=1S/C17H25N3O/c1-7-20(8-2,9-3)12-16(21)19-17-13(4)10-15(18-6)11-14(17)5/h10-11H,7-9,12H2,1-5H3/p+1. The second kappa shape index (κ2) is 7.24. The molecule has 0 saturated heterocycles. The van der Waals surface area contributed by atoms with Crippen molar-refractivity contribution in [3.63, 3.8) is 0 Å². The average molecular weight is 288 g/mol. The number of hydrogen-bond donors (Lipinski definition) is 1. The van der Waals surface area contributed by atoms with Crippen LogP contribution in [0.25, 0.3) is 4.85 Å². The summed E-state index contributed by atoms with van der Waals surface area (Å²) in [6, 6.07) is 3.63. The molecule has 0 atom stereocenters. The van der Waals surface area contributed by atoms with E-state index in [9.17, 15) is 4.79 Å². The summed E-state index contributed by atoms with van der Waals surface area (Å²) in [4.78, 5) is 15.8. The lowest BCUT2D eigenvalue weighted by molar-refractivity contribution is -0.915. The van der Waals surface area contributed by atoms with E-state index < -0.39 is 0 Å². The first-order valence-electron chi connectivity index (χ1n) is 7.55. The van der Waals surface area contributed by atoms with Gasteiger partial charge in [-0.3, -0.25) is 4.79 Å². The zero-order chi connectivity index (χ0) is 16.0. The van der Waals surface area contributed by atoms with Crippen LogP contribution in [0, 0.1) is 20.4 Å². The number of carbonyl (C=O) groups is 1. The maximum Gasteiger partial charge on any atom is 0.279 e. The fraction of sp³-hybridized carbons (Fsp3) is 0.529. The van der Waals surface area contributed by atoms with Crippen molar-refractivity contribution in [3.05, 3.63) is 34.7 Å². The van der Waals surface area contributed by atoms with Gasteiger partial charge in [-0.25, -0.2) is 4.85 Å². The van der Waals surface area contributed by atoms with Crippen LogP contribution in [0.5, 0.6) is 0 Å². The van der Waals surface area contributed by atoms with E-state index in [1.54, 1.807) is 0 Å². The number of amides is 1. The highest BCUT2D eigenvalue weighted by atomic mass is 16.2.